The fourth-order valence-electron chi connectivity index (χ4n) is 4.70. The number of rotatable bonds is 4. The molecule has 0 atom stereocenters. The van der Waals surface area contributed by atoms with Gasteiger partial charge in [0, 0.05) is 31.7 Å². The summed E-state index contributed by atoms with van der Waals surface area (Å²) < 4.78 is 96.7. The van der Waals surface area contributed by atoms with Crippen molar-refractivity contribution in [3.8, 4) is 0 Å². The molecule has 2 aromatic rings. The second-order valence-electron chi connectivity index (χ2n) is 10.4. The van der Waals surface area contributed by atoms with Gasteiger partial charge in [-0.1, -0.05) is 22.7 Å². The van der Waals surface area contributed by atoms with E-state index in [0.29, 0.717) is 4.90 Å². The first-order valence-corrected chi connectivity index (χ1v) is 14.2. The lowest BCUT2D eigenvalue weighted by Crippen LogP contribution is -2.46. The lowest BCUT2D eigenvalue weighted by atomic mass is 10.0. The average Bonchev–Trinajstić information content (AvgIpc) is 3.58. The SMILES string of the molecule is CC(C)(C)N1C(=O)C(c2nc(N3CCOCC3)sc2C(F)(F)F)=C(c2nc(N3CCOCC3)sc2C(F)(F)F)C1=O. The van der Waals surface area contributed by atoms with Crippen LogP contribution in [0.5, 0.6) is 0 Å². The van der Waals surface area contributed by atoms with Crippen LogP contribution >= 0.6 is 22.7 Å². The highest BCUT2D eigenvalue weighted by Crippen LogP contribution is 2.50. The van der Waals surface area contributed by atoms with E-state index < -0.39 is 62.0 Å². The van der Waals surface area contributed by atoms with Gasteiger partial charge in [-0.25, -0.2) is 9.97 Å². The van der Waals surface area contributed by atoms with E-state index in [1.54, 1.807) is 0 Å². The van der Waals surface area contributed by atoms with Crippen molar-refractivity contribution in [3.05, 3.63) is 21.1 Å². The second-order valence-corrected chi connectivity index (χ2v) is 12.4. The van der Waals surface area contributed by atoms with Crippen LogP contribution in [-0.2, 0) is 31.4 Å². The van der Waals surface area contributed by atoms with Crippen molar-refractivity contribution in [1.82, 2.24) is 14.9 Å². The van der Waals surface area contributed by atoms with Gasteiger partial charge in [-0.3, -0.25) is 14.5 Å². The molecule has 0 bridgehead atoms. The summed E-state index contributed by atoms with van der Waals surface area (Å²) in [6.45, 7) is 6.21. The Bertz CT molecular complexity index is 1290. The number of aromatic nitrogens is 2. The Hall–Kier alpha value is -2.76. The largest absolute Gasteiger partial charge is 0.427 e. The highest BCUT2D eigenvalue weighted by Gasteiger charge is 2.52. The van der Waals surface area contributed by atoms with E-state index in [0.717, 1.165) is 0 Å². The van der Waals surface area contributed by atoms with E-state index in [1.807, 2.05) is 0 Å². The molecule has 2 amide bonds. The van der Waals surface area contributed by atoms with Gasteiger partial charge < -0.3 is 19.3 Å². The number of thiazole rings is 2. The predicted molar refractivity (Wildman–Crippen MR) is 139 cm³/mol. The quantitative estimate of drug-likeness (QED) is 0.366. The molecule has 17 heteroatoms. The minimum atomic E-state index is -5.01. The van der Waals surface area contributed by atoms with Crippen LogP contribution in [-0.4, -0.2) is 84.8 Å². The molecule has 3 aliphatic heterocycles. The molecular formula is C24H25F6N5O4S2. The number of hydrogen-bond acceptors (Lipinski definition) is 10. The van der Waals surface area contributed by atoms with Gasteiger partial charge in [0.25, 0.3) is 11.8 Å². The normalized spacial score (nSPS) is 19.7. The third-order valence-corrected chi connectivity index (χ3v) is 8.86. The number of hydrogen-bond donors (Lipinski definition) is 0. The van der Waals surface area contributed by atoms with Crippen LogP contribution in [0.2, 0.25) is 0 Å². The van der Waals surface area contributed by atoms with Crippen LogP contribution in [0.4, 0.5) is 36.6 Å². The van der Waals surface area contributed by atoms with Crippen LogP contribution in [0.15, 0.2) is 0 Å². The second kappa shape index (κ2) is 10.5. The van der Waals surface area contributed by atoms with Crippen molar-refractivity contribution in [1.29, 1.82) is 0 Å². The fourth-order valence-corrected chi connectivity index (χ4v) is 6.68. The van der Waals surface area contributed by atoms with Crippen LogP contribution in [0.1, 0.15) is 41.9 Å². The number of ether oxygens (including phenoxy) is 2. The van der Waals surface area contributed by atoms with Crippen molar-refractivity contribution < 1.29 is 45.4 Å². The van der Waals surface area contributed by atoms with E-state index >= 15 is 0 Å². The topological polar surface area (TPSA) is 88.1 Å². The molecule has 41 heavy (non-hydrogen) atoms. The van der Waals surface area contributed by atoms with E-state index in [1.165, 1.54) is 30.6 Å². The van der Waals surface area contributed by atoms with Gasteiger partial charge in [0.15, 0.2) is 10.3 Å². The first kappa shape index (κ1) is 29.7. The molecule has 2 fully saturated rings. The summed E-state index contributed by atoms with van der Waals surface area (Å²) in [6, 6.07) is 0. The molecular weight excluding hydrogens is 600 g/mol. The third kappa shape index (κ3) is 5.56. The number of carbonyl (C=O) groups excluding carboxylic acids is 2. The van der Waals surface area contributed by atoms with Gasteiger partial charge >= 0.3 is 12.4 Å². The number of anilines is 2. The standard InChI is InChI=1S/C24H25F6N5O4S2/c1-22(2,3)35-18(36)12(14-16(23(25,26)27)40-20(31-14)33-4-8-38-9-5-33)13(19(35)37)15-17(24(28,29)30)41-21(32-15)34-6-10-39-11-7-34/h4-11H2,1-3H3. The summed E-state index contributed by atoms with van der Waals surface area (Å²) in [7, 11) is 0. The van der Waals surface area contributed by atoms with Crippen LogP contribution < -0.4 is 9.80 Å². The van der Waals surface area contributed by atoms with Gasteiger partial charge in [0.1, 0.15) is 21.1 Å². The third-order valence-electron chi connectivity index (χ3n) is 6.54. The number of amides is 2. The molecule has 0 spiro atoms. The van der Waals surface area contributed by atoms with E-state index in [4.69, 9.17) is 9.47 Å². The summed E-state index contributed by atoms with van der Waals surface area (Å²) in [4.78, 5) is 36.9. The van der Waals surface area contributed by atoms with Crippen molar-refractivity contribution in [2.24, 2.45) is 0 Å². The maximum absolute atomic E-state index is 14.4. The summed E-state index contributed by atoms with van der Waals surface area (Å²) in [5, 5.41) is -0.166. The number of carbonyl (C=O) groups is 2. The first-order chi connectivity index (χ1) is 19.1. The van der Waals surface area contributed by atoms with Gasteiger partial charge in [-0.15, -0.1) is 0 Å². The Morgan fingerprint density at radius 1 is 0.659 bits per heavy atom. The number of halogens is 6. The van der Waals surface area contributed by atoms with Crippen LogP contribution in [0.3, 0.4) is 0 Å². The molecule has 3 aliphatic rings. The van der Waals surface area contributed by atoms with Crippen molar-refractivity contribution >= 4 is 55.9 Å². The number of morpholine rings is 2. The van der Waals surface area contributed by atoms with Crippen LogP contribution in [0.25, 0.3) is 11.1 Å². The summed E-state index contributed by atoms with van der Waals surface area (Å²) >= 11 is 0.525. The molecule has 5 rings (SSSR count). The number of imide groups is 1. The minimum absolute atomic E-state index is 0.0831. The number of alkyl halides is 6. The zero-order valence-corrected chi connectivity index (χ0v) is 23.7. The lowest BCUT2D eigenvalue weighted by Gasteiger charge is -2.30. The van der Waals surface area contributed by atoms with Crippen molar-refractivity contribution in [3.63, 3.8) is 0 Å². The highest BCUT2D eigenvalue weighted by atomic mass is 32.1. The molecule has 2 saturated heterocycles. The molecule has 0 saturated carbocycles. The lowest BCUT2D eigenvalue weighted by molar-refractivity contribution is -0.141. The maximum atomic E-state index is 14.4. The average molecular weight is 626 g/mol. The summed E-state index contributed by atoms with van der Waals surface area (Å²) in [5.74, 6) is -2.34. The zero-order valence-electron chi connectivity index (χ0n) is 22.1. The molecule has 0 aromatic carbocycles. The van der Waals surface area contributed by atoms with Crippen LogP contribution in [0, 0.1) is 0 Å². The Balaban J connectivity index is 1.77. The molecule has 9 nitrogen and oxygen atoms in total. The zero-order chi connectivity index (χ0) is 29.9. The molecule has 5 heterocycles. The van der Waals surface area contributed by atoms with Gasteiger partial charge in [-0.05, 0) is 20.8 Å². The summed E-state index contributed by atoms with van der Waals surface area (Å²) in [5.41, 5.74) is -4.75. The number of nitrogens with zero attached hydrogens (tertiary/aromatic N) is 5. The van der Waals surface area contributed by atoms with Gasteiger partial charge in [0.05, 0.1) is 37.6 Å². The molecule has 0 N–H and O–H groups in total. The maximum Gasteiger partial charge on any atom is 0.427 e. The van der Waals surface area contributed by atoms with E-state index in [9.17, 15) is 35.9 Å². The van der Waals surface area contributed by atoms with E-state index in [2.05, 4.69) is 9.97 Å². The van der Waals surface area contributed by atoms with Crippen molar-refractivity contribution in [2.75, 3.05) is 62.4 Å². The Morgan fingerprint density at radius 2 is 1.00 bits per heavy atom. The monoisotopic (exact) mass is 625 g/mol. The molecule has 0 aliphatic carbocycles. The molecule has 0 unspecified atom stereocenters. The Morgan fingerprint density at radius 3 is 1.29 bits per heavy atom. The fraction of sp³-hybridized carbons (Fsp3) is 0.583. The molecule has 0 radical (unpaired) electrons. The van der Waals surface area contributed by atoms with Crippen molar-refractivity contribution in [2.45, 2.75) is 38.7 Å². The predicted octanol–water partition coefficient (Wildman–Crippen LogP) is 4.39. The first-order valence-electron chi connectivity index (χ1n) is 12.5. The summed E-state index contributed by atoms with van der Waals surface area (Å²) in [6.07, 6.45) is -10.0. The van der Waals surface area contributed by atoms with Gasteiger partial charge in [-0.2, -0.15) is 26.3 Å². The van der Waals surface area contributed by atoms with E-state index in [-0.39, 0.29) is 85.5 Å². The Kier molecular flexibility index (Phi) is 7.61. The van der Waals surface area contributed by atoms with Gasteiger partial charge in [0.2, 0.25) is 0 Å². The smallest absolute Gasteiger partial charge is 0.378 e. The molecule has 224 valence electrons. The Labute approximate surface area is 238 Å². The highest BCUT2D eigenvalue weighted by molar-refractivity contribution is 7.16. The minimum Gasteiger partial charge on any atom is -0.378 e. The molecule has 2 aromatic heterocycles.